The van der Waals surface area contributed by atoms with Crippen LogP contribution in [0.25, 0.3) is 5.76 Å². The molecule has 2 rings (SSSR count). The maximum Gasteiger partial charge on any atom is 0.312 e. The van der Waals surface area contributed by atoms with Gasteiger partial charge in [-0.25, -0.2) is 0 Å². The van der Waals surface area contributed by atoms with Gasteiger partial charge in [-0.1, -0.05) is 30.3 Å². The molecule has 1 aromatic rings. The topological polar surface area (TPSA) is 52.6 Å². The van der Waals surface area contributed by atoms with E-state index in [1.165, 1.54) is 13.2 Å². The maximum absolute atomic E-state index is 11.8. The predicted octanol–water partition coefficient (Wildman–Crippen LogP) is 1.80. The van der Waals surface area contributed by atoms with Crippen molar-refractivity contribution in [3.05, 3.63) is 42.0 Å². The molecule has 0 N–H and O–H groups in total. The lowest BCUT2D eigenvalue weighted by molar-refractivity contribution is -0.150. The number of carbonyl (C=O) groups excluding carboxylic acids is 2. The third-order valence-corrected chi connectivity index (χ3v) is 2.89. The Morgan fingerprint density at radius 3 is 2.61 bits per heavy atom. The Bertz CT molecular complexity index is 490. The quantitative estimate of drug-likeness (QED) is 0.763. The molecule has 0 saturated heterocycles. The van der Waals surface area contributed by atoms with Crippen molar-refractivity contribution in [3.63, 3.8) is 0 Å². The van der Waals surface area contributed by atoms with E-state index < -0.39 is 18.0 Å². The van der Waals surface area contributed by atoms with Crippen LogP contribution in [-0.2, 0) is 19.1 Å². The van der Waals surface area contributed by atoms with Gasteiger partial charge >= 0.3 is 5.97 Å². The van der Waals surface area contributed by atoms with E-state index >= 15 is 0 Å². The van der Waals surface area contributed by atoms with E-state index in [1.807, 2.05) is 30.3 Å². The zero-order chi connectivity index (χ0) is 13.1. The maximum atomic E-state index is 11.8. The van der Waals surface area contributed by atoms with Crippen LogP contribution in [0.1, 0.15) is 12.5 Å². The summed E-state index contributed by atoms with van der Waals surface area (Å²) >= 11 is 0. The van der Waals surface area contributed by atoms with Crippen LogP contribution in [0.3, 0.4) is 0 Å². The largest absolute Gasteiger partial charge is 0.481 e. The van der Waals surface area contributed by atoms with E-state index in [9.17, 15) is 9.59 Å². The number of hydrogen-bond acceptors (Lipinski definition) is 4. The molecule has 94 valence electrons. The van der Waals surface area contributed by atoms with Gasteiger partial charge in [-0.05, 0) is 6.92 Å². The average molecular weight is 246 g/mol. The Hall–Kier alpha value is -2.10. The highest BCUT2D eigenvalue weighted by molar-refractivity contribution is 6.04. The monoisotopic (exact) mass is 246 g/mol. The molecular weight excluding hydrogens is 232 g/mol. The van der Waals surface area contributed by atoms with Crippen molar-refractivity contribution >= 4 is 17.5 Å². The smallest absolute Gasteiger partial charge is 0.312 e. The molecule has 4 nitrogen and oxygen atoms in total. The van der Waals surface area contributed by atoms with Crippen molar-refractivity contribution in [2.75, 3.05) is 7.11 Å². The molecule has 1 aliphatic rings. The van der Waals surface area contributed by atoms with Gasteiger partial charge < -0.3 is 9.47 Å². The molecule has 1 aliphatic heterocycles. The van der Waals surface area contributed by atoms with Crippen LogP contribution >= 0.6 is 0 Å². The van der Waals surface area contributed by atoms with Gasteiger partial charge in [0.1, 0.15) is 5.76 Å². The number of ether oxygens (including phenoxy) is 2. The lowest BCUT2D eigenvalue weighted by Gasteiger charge is -2.17. The standard InChI is InChI=1S/C14H14O4/c1-9(14(16)17-2)13-11(15)8-12(18-13)10-6-4-3-5-7-10/h3-9,13H,1-2H3. The second-order valence-corrected chi connectivity index (χ2v) is 4.13. The van der Waals surface area contributed by atoms with Gasteiger partial charge in [0.25, 0.3) is 0 Å². The molecule has 18 heavy (non-hydrogen) atoms. The SMILES string of the molecule is COC(=O)C(C)C1OC(c2ccccc2)=CC1=O. The van der Waals surface area contributed by atoms with Crippen molar-refractivity contribution in [2.24, 2.45) is 5.92 Å². The molecule has 0 saturated carbocycles. The van der Waals surface area contributed by atoms with Gasteiger partial charge in [0, 0.05) is 11.6 Å². The number of hydrogen-bond donors (Lipinski definition) is 0. The molecule has 0 aliphatic carbocycles. The Labute approximate surface area is 105 Å². The van der Waals surface area contributed by atoms with E-state index in [0.717, 1.165) is 5.56 Å². The van der Waals surface area contributed by atoms with Crippen molar-refractivity contribution in [1.29, 1.82) is 0 Å². The average Bonchev–Trinajstić information content (AvgIpc) is 2.80. The molecule has 0 fully saturated rings. The highest BCUT2D eigenvalue weighted by Crippen LogP contribution is 2.28. The minimum absolute atomic E-state index is 0.202. The first-order chi connectivity index (χ1) is 8.63. The second-order valence-electron chi connectivity index (χ2n) is 4.13. The van der Waals surface area contributed by atoms with Crippen LogP contribution in [0.15, 0.2) is 36.4 Å². The minimum Gasteiger partial charge on any atom is -0.481 e. The number of benzene rings is 1. The zero-order valence-corrected chi connectivity index (χ0v) is 10.3. The minimum atomic E-state index is -0.785. The number of ketones is 1. The first-order valence-corrected chi connectivity index (χ1v) is 5.69. The Kier molecular flexibility index (Phi) is 3.46. The third-order valence-electron chi connectivity index (χ3n) is 2.89. The Balaban J connectivity index is 2.15. The predicted molar refractivity (Wildman–Crippen MR) is 65.5 cm³/mol. The summed E-state index contributed by atoms with van der Waals surface area (Å²) in [7, 11) is 1.30. The molecule has 0 spiro atoms. The normalized spacial score (nSPS) is 20.0. The molecule has 2 unspecified atom stereocenters. The van der Waals surface area contributed by atoms with Crippen molar-refractivity contribution in [3.8, 4) is 0 Å². The number of carbonyl (C=O) groups is 2. The first-order valence-electron chi connectivity index (χ1n) is 5.69. The van der Waals surface area contributed by atoms with E-state index in [2.05, 4.69) is 4.74 Å². The van der Waals surface area contributed by atoms with Crippen LogP contribution in [-0.4, -0.2) is 25.0 Å². The van der Waals surface area contributed by atoms with Crippen molar-refractivity contribution in [2.45, 2.75) is 13.0 Å². The summed E-state index contributed by atoms with van der Waals surface area (Å²) in [5.41, 5.74) is 0.824. The van der Waals surface area contributed by atoms with Crippen LogP contribution in [0.2, 0.25) is 0 Å². The summed E-state index contributed by atoms with van der Waals surface area (Å²) in [5, 5.41) is 0. The first kappa shape index (κ1) is 12.4. The van der Waals surface area contributed by atoms with Crippen molar-refractivity contribution in [1.82, 2.24) is 0 Å². The van der Waals surface area contributed by atoms with Gasteiger partial charge in [-0.3, -0.25) is 9.59 Å². The summed E-state index contributed by atoms with van der Waals surface area (Å²) in [6.07, 6.45) is 0.645. The van der Waals surface area contributed by atoms with Gasteiger partial charge in [-0.15, -0.1) is 0 Å². The highest BCUT2D eigenvalue weighted by Gasteiger charge is 2.36. The molecule has 0 amide bonds. The fourth-order valence-electron chi connectivity index (χ4n) is 1.85. The Morgan fingerprint density at radius 1 is 1.33 bits per heavy atom. The third kappa shape index (κ3) is 2.27. The van der Waals surface area contributed by atoms with Gasteiger partial charge in [0.2, 0.25) is 5.78 Å². The summed E-state index contributed by atoms with van der Waals surface area (Å²) < 4.78 is 10.2. The molecule has 0 radical (unpaired) electrons. The fraction of sp³-hybridized carbons (Fsp3) is 0.286. The van der Waals surface area contributed by atoms with Gasteiger partial charge in [-0.2, -0.15) is 0 Å². The second kappa shape index (κ2) is 5.04. The van der Waals surface area contributed by atoms with Crippen LogP contribution in [0.4, 0.5) is 0 Å². The lowest BCUT2D eigenvalue weighted by Crippen LogP contribution is -2.31. The van der Waals surface area contributed by atoms with E-state index in [4.69, 9.17) is 4.74 Å². The molecule has 0 aromatic heterocycles. The van der Waals surface area contributed by atoms with Crippen molar-refractivity contribution < 1.29 is 19.1 Å². The number of methoxy groups -OCH3 is 1. The molecule has 0 bridgehead atoms. The van der Waals surface area contributed by atoms with Crippen LogP contribution in [0, 0.1) is 5.92 Å². The van der Waals surface area contributed by atoms with Gasteiger partial charge in [0.15, 0.2) is 6.10 Å². The number of rotatable bonds is 3. The Morgan fingerprint density at radius 2 is 2.00 bits per heavy atom. The summed E-state index contributed by atoms with van der Waals surface area (Å²) in [6.45, 7) is 1.62. The molecular formula is C14H14O4. The zero-order valence-electron chi connectivity index (χ0n) is 10.3. The van der Waals surface area contributed by atoms with E-state index in [0.29, 0.717) is 5.76 Å². The summed E-state index contributed by atoms with van der Waals surface area (Å²) in [5.74, 6) is -0.760. The molecule has 1 aromatic carbocycles. The van der Waals surface area contributed by atoms with Crippen LogP contribution in [0.5, 0.6) is 0 Å². The van der Waals surface area contributed by atoms with E-state index in [1.54, 1.807) is 6.92 Å². The van der Waals surface area contributed by atoms with E-state index in [-0.39, 0.29) is 5.78 Å². The lowest BCUT2D eigenvalue weighted by atomic mass is 10.0. The van der Waals surface area contributed by atoms with Crippen LogP contribution < -0.4 is 0 Å². The fourth-order valence-corrected chi connectivity index (χ4v) is 1.85. The van der Waals surface area contributed by atoms with Gasteiger partial charge in [0.05, 0.1) is 13.0 Å². The number of esters is 1. The molecule has 1 heterocycles. The highest BCUT2D eigenvalue weighted by atomic mass is 16.5. The molecule has 4 heteroatoms. The summed E-state index contributed by atoms with van der Waals surface area (Å²) in [4.78, 5) is 23.2. The molecule has 2 atom stereocenters. The summed E-state index contributed by atoms with van der Waals surface area (Å²) in [6, 6.07) is 9.31.